The van der Waals surface area contributed by atoms with Crippen LogP contribution in [0.25, 0.3) is 0 Å². The van der Waals surface area contributed by atoms with Crippen molar-refractivity contribution >= 4 is 11.7 Å². The number of piperidine rings is 1. The van der Waals surface area contributed by atoms with E-state index in [-0.39, 0.29) is 18.0 Å². The van der Waals surface area contributed by atoms with Crippen LogP contribution in [0.3, 0.4) is 0 Å². The van der Waals surface area contributed by atoms with Crippen molar-refractivity contribution in [3.05, 3.63) is 53.9 Å². The van der Waals surface area contributed by atoms with Crippen molar-refractivity contribution in [2.75, 3.05) is 32.1 Å². The molecule has 2 N–H and O–H groups in total. The van der Waals surface area contributed by atoms with Gasteiger partial charge in [-0.3, -0.25) is 0 Å². The fourth-order valence-electron chi connectivity index (χ4n) is 3.79. The predicted octanol–water partition coefficient (Wildman–Crippen LogP) is 3.96. The van der Waals surface area contributed by atoms with Crippen molar-refractivity contribution < 1.29 is 27.8 Å². The molecular weight excluding hydrogens is 399 g/mol. The molecule has 9 heteroatoms. The maximum Gasteiger partial charge on any atom is 0.433 e. The molecule has 1 aliphatic rings. The van der Waals surface area contributed by atoms with Gasteiger partial charge in [0, 0.05) is 24.6 Å². The molecule has 1 fully saturated rings. The number of hydrogen-bond acceptors (Lipinski definition) is 4. The first kappa shape index (κ1) is 21.9. The van der Waals surface area contributed by atoms with E-state index in [0.717, 1.165) is 24.2 Å². The molecule has 0 aliphatic carbocycles. The molecule has 6 nitrogen and oxygen atoms in total. The normalized spacial score (nSPS) is 19.4. The van der Waals surface area contributed by atoms with Crippen LogP contribution in [0.4, 0.5) is 23.7 Å². The number of rotatable bonds is 5. The lowest BCUT2D eigenvalue weighted by Crippen LogP contribution is -2.50. The Hall–Kier alpha value is -2.81. The minimum atomic E-state index is -4.61. The maximum atomic E-state index is 12.9. The van der Waals surface area contributed by atoms with Gasteiger partial charge in [0.05, 0.1) is 19.9 Å². The Labute approximate surface area is 172 Å². The second-order valence-electron chi connectivity index (χ2n) is 7.54. The zero-order valence-corrected chi connectivity index (χ0v) is 16.6. The van der Waals surface area contributed by atoms with E-state index in [0.29, 0.717) is 25.9 Å². The molecule has 0 spiro atoms. The van der Waals surface area contributed by atoms with Gasteiger partial charge in [0.15, 0.2) is 0 Å². The van der Waals surface area contributed by atoms with Gasteiger partial charge in [-0.15, -0.1) is 0 Å². The van der Waals surface area contributed by atoms with Gasteiger partial charge in [-0.25, -0.2) is 9.78 Å². The van der Waals surface area contributed by atoms with E-state index in [4.69, 9.17) is 4.74 Å². The first-order valence-corrected chi connectivity index (χ1v) is 9.58. The largest absolute Gasteiger partial charge is 0.494 e. The Morgan fingerprint density at radius 2 is 2.07 bits per heavy atom. The third-order valence-electron chi connectivity index (χ3n) is 5.32. The summed E-state index contributed by atoms with van der Waals surface area (Å²) in [6.07, 6.45) is -1.57. The number of nitrogens with one attached hydrogen (secondary N) is 1. The number of likely N-dealkylation sites (tertiary alicyclic amines) is 1. The second-order valence-corrected chi connectivity index (χ2v) is 7.54. The molecule has 2 aromatic rings. The number of methoxy groups -OCH3 is 1. The van der Waals surface area contributed by atoms with Gasteiger partial charge in [0.25, 0.3) is 0 Å². The van der Waals surface area contributed by atoms with E-state index in [1.165, 1.54) is 7.11 Å². The minimum absolute atomic E-state index is 0.0544. The maximum absolute atomic E-state index is 12.9. The molecule has 0 bridgehead atoms. The number of carbonyl (C=O) groups excluding carboxylic acids is 1. The number of benzene rings is 1. The average molecular weight is 423 g/mol. The number of nitrogens with zero attached hydrogens (tertiary/aromatic N) is 2. The van der Waals surface area contributed by atoms with Crippen LogP contribution in [-0.2, 0) is 12.6 Å². The van der Waals surface area contributed by atoms with Crippen LogP contribution in [0.5, 0.6) is 5.75 Å². The molecule has 0 radical (unpaired) electrons. The molecule has 1 saturated heterocycles. The number of aromatic nitrogens is 1. The zero-order valence-electron chi connectivity index (χ0n) is 16.6. The van der Waals surface area contributed by atoms with Gasteiger partial charge in [0.1, 0.15) is 17.1 Å². The second kappa shape index (κ2) is 8.91. The highest BCUT2D eigenvalue weighted by molar-refractivity contribution is 5.91. The van der Waals surface area contributed by atoms with Crippen LogP contribution >= 0.6 is 0 Å². The number of aliphatic hydroxyl groups excluding tert-OH is 1. The average Bonchev–Trinajstić information content (AvgIpc) is 2.74. The minimum Gasteiger partial charge on any atom is -0.494 e. The van der Waals surface area contributed by atoms with Crippen LogP contribution in [0.1, 0.15) is 24.1 Å². The Morgan fingerprint density at radius 3 is 2.70 bits per heavy atom. The van der Waals surface area contributed by atoms with Crippen molar-refractivity contribution in [2.24, 2.45) is 5.41 Å². The standard InChI is InChI=1S/C21H24F3N3O3/c1-30-17-10-18(21(22,23)24)25-12-16(17)26-19(29)27-9-5-8-20(13-27,14-28)11-15-6-3-2-4-7-15/h2-4,6-7,10,12,28H,5,8-9,11,13-14H2,1H3,(H,26,29). The number of pyridine rings is 1. The topological polar surface area (TPSA) is 74.7 Å². The Kier molecular flexibility index (Phi) is 6.50. The number of urea groups is 1. The first-order valence-electron chi connectivity index (χ1n) is 9.58. The highest BCUT2D eigenvalue weighted by Crippen LogP contribution is 2.35. The summed E-state index contributed by atoms with van der Waals surface area (Å²) in [5.41, 5.74) is -0.446. The van der Waals surface area contributed by atoms with Gasteiger partial charge in [-0.1, -0.05) is 30.3 Å². The molecule has 2 amide bonds. The van der Waals surface area contributed by atoms with Crippen molar-refractivity contribution in [1.82, 2.24) is 9.88 Å². The summed E-state index contributed by atoms with van der Waals surface area (Å²) < 4.78 is 43.6. The molecule has 1 atom stereocenters. The van der Waals surface area contributed by atoms with Crippen LogP contribution in [0.15, 0.2) is 42.6 Å². The predicted molar refractivity (Wildman–Crippen MR) is 105 cm³/mol. The number of anilines is 1. The fourth-order valence-corrected chi connectivity index (χ4v) is 3.79. The smallest absolute Gasteiger partial charge is 0.433 e. The molecule has 30 heavy (non-hydrogen) atoms. The van der Waals surface area contributed by atoms with Crippen LogP contribution in [-0.4, -0.2) is 47.8 Å². The molecule has 162 valence electrons. The third kappa shape index (κ3) is 5.02. The quantitative estimate of drug-likeness (QED) is 0.764. The number of aliphatic hydroxyl groups is 1. The molecule has 1 unspecified atom stereocenters. The molecule has 0 saturated carbocycles. The van der Waals surface area contributed by atoms with Crippen LogP contribution in [0, 0.1) is 5.41 Å². The molecule has 1 aliphatic heterocycles. The van der Waals surface area contributed by atoms with Gasteiger partial charge >= 0.3 is 12.2 Å². The SMILES string of the molecule is COc1cc(C(F)(F)F)ncc1NC(=O)N1CCCC(CO)(Cc2ccccc2)C1. The summed E-state index contributed by atoms with van der Waals surface area (Å²) in [6.45, 7) is 0.746. The Morgan fingerprint density at radius 1 is 1.33 bits per heavy atom. The summed E-state index contributed by atoms with van der Waals surface area (Å²) in [5.74, 6) is -0.125. The Bertz CT molecular complexity index is 877. The number of amides is 2. The summed E-state index contributed by atoms with van der Waals surface area (Å²) in [6, 6.07) is 10.0. The number of hydrogen-bond donors (Lipinski definition) is 2. The number of halogens is 3. The lowest BCUT2D eigenvalue weighted by atomic mass is 9.76. The number of ether oxygens (including phenoxy) is 1. The number of carbonyl (C=O) groups is 1. The lowest BCUT2D eigenvalue weighted by molar-refractivity contribution is -0.141. The highest BCUT2D eigenvalue weighted by atomic mass is 19.4. The van der Waals surface area contributed by atoms with Crippen molar-refractivity contribution in [3.63, 3.8) is 0 Å². The molecule has 1 aromatic heterocycles. The first-order chi connectivity index (χ1) is 14.3. The van der Waals surface area contributed by atoms with Crippen molar-refractivity contribution in [2.45, 2.75) is 25.4 Å². The van der Waals surface area contributed by atoms with Gasteiger partial charge in [-0.05, 0) is 24.8 Å². The van der Waals surface area contributed by atoms with E-state index >= 15 is 0 Å². The third-order valence-corrected chi connectivity index (χ3v) is 5.32. The van der Waals surface area contributed by atoms with Crippen molar-refractivity contribution in [3.8, 4) is 5.75 Å². The van der Waals surface area contributed by atoms with Gasteiger partial charge in [0.2, 0.25) is 0 Å². The van der Waals surface area contributed by atoms with E-state index in [1.807, 2.05) is 30.3 Å². The lowest BCUT2D eigenvalue weighted by Gasteiger charge is -2.42. The summed E-state index contributed by atoms with van der Waals surface area (Å²) >= 11 is 0. The summed E-state index contributed by atoms with van der Waals surface area (Å²) in [4.78, 5) is 17.7. The van der Waals surface area contributed by atoms with E-state index in [2.05, 4.69) is 10.3 Å². The molecular formula is C21H24F3N3O3. The van der Waals surface area contributed by atoms with Crippen LogP contribution in [0.2, 0.25) is 0 Å². The zero-order chi connectivity index (χ0) is 21.8. The van der Waals surface area contributed by atoms with Crippen LogP contribution < -0.4 is 10.1 Å². The van der Waals surface area contributed by atoms with E-state index in [9.17, 15) is 23.1 Å². The highest BCUT2D eigenvalue weighted by Gasteiger charge is 2.37. The monoisotopic (exact) mass is 423 g/mol. The van der Waals surface area contributed by atoms with Crippen molar-refractivity contribution in [1.29, 1.82) is 0 Å². The van der Waals surface area contributed by atoms with Gasteiger partial charge < -0.3 is 20.1 Å². The van der Waals surface area contributed by atoms with Gasteiger partial charge in [-0.2, -0.15) is 13.2 Å². The molecule has 2 heterocycles. The van der Waals surface area contributed by atoms with E-state index < -0.39 is 23.3 Å². The summed E-state index contributed by atoms with van der Waals surface area (Å²) in [7, 11) is 1.22. The molecule has 1 aromatic carbocycles. The Balaban J connectivity index is 1.74. The van der Waals surface area contributed by atoms with E-state index in [1.54, 1.807) is 4.90 Å². The molecule has 3 rings (SSSR count). The fraction of sp³-hybridized carbons (Fsp3) is 0.429. The number of alkyl halides is 3. The summed E-state index contributed by atoms with van der Waals surface area (Å²) in [5, 5.41) is 12.7.